The van der Waals surface area contributed by atoms with Gasteiger partial charge in [0.05, 0.1) is 0 Å². The zero-order chi connectivity index (χ0) is 19.3. The van der Waals surface area contributed by atoms with Crippen molar-refractivity contribution in [2.24, 2.45) is 5.92 Å². The molecular weight excluding hydrogens is 391 g/mol. The van der Waals surface area contributed by atoms with Gasteiger partial charge in [0, 0.05) is 0 Å². The fourth-order valence-electron chi connectivity index (χ4n) is 2.71. The summed E-state index contributed by atoms with van der Waals surface area (Å²) in [6.07, 6.45) is -0.883. The van der Waals surface area contributed by atoms with E-state index in [1.807, 2.05) is 77.1 Å². The number of aliphatic hydroxyl groups is 1. The standard InChI is InChI=1S/C22H28O3Se/c1-15-11-13-17(14-12-15)20(23)19(21(24)25-22(3,4)5)16(2)26-18-9-7-6-8-10-18/h6-14,16,19-20,23H,1-5H3/t16-,19+,20-/m1/s1. The quantitative estimate of drug-likeness (QED) is 0.572. The first kappa shape index (κ1) is 20.7. The third-order valence-corrected chi connectivity index (χ3v) is 6.55. The minimum atomic E-state index is -0.883. The fourth-order valence-corrected chi connectivity index (χ4v) is 5.12. The molecule has 2 aromatic carbocycles. The van der Waals surface area contributed by atoms with E-state index in [-0.39, 0.29) is 25.7 Å². The summed E-state index contributed by atoms with van der Waals surface area (Å²) in [4.78, 5) is 12.9. The van der Waals surface area contributed by atoms with Crippen molar-refractivity contribution < 1.29 is 14.6 Å². The van der Waals surface area contributed by atoms with Gasteiger partial charge < -0.3 is 0 Å². The van der Waals surface area contributed by atoms with Crippen molar-refractivity contribution in [3.8, 4) is 0 Å². The van der Waals surface area contributed by atoms with Crippen LogP contribution in [0.2, 0.25) is 4.82 Å². The molecule has 0 spiro atoms. The van der Waals surface area contributed by atoms with Crippen LogP contribution in [0.25, 0.3) is 0 Å². The molecule has 26 heavy (non-hydrogen) atoms. The first-order valence-corrected chi connectivity index (χ1v) is 10.7. The van der Waals surface area contributed by atoms with Crippen LogP contribution in [0, 0.1) is 12.8 Å². The van der Waals surface area contributed by atoms with Crippen LogP contribution >= 0.6 is 0 Å². The van der Waals surface area contributed by atoms with Gasteiger partial charge in [0.25, 0.3) is 0 Å². The second kappa shape index (κ2) is 8.85. The van der Waals surface area contributed by atoms with E-state index in [0.29, 0.717) is 0 Å². The maximum absolute atomic E-state index is 12.9. The van der Waals surface area contributed by atoms with Crippen LogP contribution in [0.4, 0.5) is 0 Å². The molecule has 2 aromatic rings. The third kappa shape index (κ3) is 5.98. The van der Waals surface area contributed by atoms with Gasteiger partial charge >= 0.3 is 163 Å². The first-order chi connectivity index (χ1) is 12.2. The topological polar surface area (TPSA) is 46.5 Å². The Morgan fingerprint density at radius 3 is 2.15 bits per heavy atom. The normalized spacial score (nSPS) is 15.2. The molecule has 3 nitrogen and oxygen atoms in total. The molecule has 0 aliphatic carbocycles. The van der Waals surface area contributed by atoms with Gasteiger partial charge in [-0.3, -0.25) is 0 Å². The Hall–Kier alpha value is -1.61. The Morgan fingerprint density at radius 2 is 1.62 bits per heavy atom. The summed E-state index contributed by atoms with van der Waals surface area (Å²) in [5, 5.41) is 11.0. The summed E-state index contributed by atoms with van der Waals surface area (Å²) in [5.41, 5.74) is 1.29. The van der Waals surface area contributed by atoms with E-state index < -0.39 is 17.6 Å². The number of benzene rings is 2. The number of aliphatic hydroxyl groups excluding tert-OH is 1. The van der Waals surface area contributed by atoms with Crippen molar-refractivity contribution in [1.82, 2.24) is 0 Å². The van der Waals surface area contributed by atoms with E-state index in [0.717, 1.165) is 11.1 Å². The van der Waals surface area contributed by atoms with E-state index in [2.05, 4.69) is 12.1 Å². The van der Waals surface area contributed by atoms with Gasteiger partial charge in [0.2, 0.25) is 0 Å². The SMILES string of the molecule is Cc1ccc([C@@H](O)[C@@H](C(=O)OC(C)(C)C)[C@@H](C)[Se]c2ccccc2)cc1. The van der Waals surface area contributed by atoms with Crippen LogP contribution in [-0.2, 0) is 9.53 Å². The molecule has 3 atom stereocenters. The van der Waals surface area contributed by atoms with Gasteiger partial charge in [-0.25, -0.2) is 0 Å². The monoisotopic (exact) mass is 420 g/mol. The Labute approximate surface area is 162 Å². The van der Waals surface area contributed by atoms with E-state index in [1.165, 1.54) is 4.46 Å². The van der Waals surface area contributed by atoms with Gasteiger partial charge in [-0.1, -0.05) is 0 Å². The third-order valence-electron chi connectivity index (χ3n) is 4.01. The number of hydrogen-bond donors (Lipinski definition) is 1. The van der Waals surface area contributed by atoms with E-state index in [9.17, 15) is 9.90 Å². The molecule has 140 valence electrons. The number of aryl methyl sites for hydroxylation is 1. The number of carbonyl (C=O) groups is 1. The molecule has 0 heterocycles. The first-order valence-electron chi connectivity index (χ1n) is 8.86. The van der Waals surface area contributed by atoms with Crippen molar-refractivity contribution in [3.63, 3.8) is 0 Å². The molecule has 0 amide bonds. The van der Waals surface area contributed by atoms with E-state index >= 15 is 0 Å². The molecule has 0 unspecified atom stereocenters. The molecule has 0 bridgehead atoms. The molecule has 0 radical (unpaired) electrons. The number of hydrogen-bond acceptors (Lipinski definition) is 3. The summed E-state index contributed by atoms with van der Waals surface area (Å²) in [5.74, 6) is -0.937. The molecule has 1 N–H and O–H groups in total. The summed E-state index contributed by atoms with van der Waals surface area (Å²) in [6.45, 7) is 9.59. The van der Waals surface area contributed by atoms with Crippen molar-refractivity contribution >= 4 is 25.4 Å². The van der Waals surface area contributed by atoms with Crippen LogP contribution in [0.1, 0.15) is 44.9 Å². The average Bonchev–Trinajstić information content (AvgIpc) is 2.54. The van der Waals surface area contributed by atoms with Crippen molar-refractivity contribution in [3.05, 3.63) is 65.7 Å². The predicted octanol–water partition coefficient (Wildman–Crippen LogP) is 3.82. The fraction of sp³-hybridized carbons (Fsp3) is 0.409. The predicted molar refractivity (Wildman–Crippen MR) is 107 cm³/mol. The molecule has 2 rings (SSSR count). The molecule has 0 saturated heterocycles. The van der Waals surface area contributed by atoms with Crippen LogP contribution in [0.5, 0.6) is 0 Å². The van der Waals surface area contributed by atoms with Gasteiger partial charge in [-0.05, 0) is 0 Å². The summed E-state index contributed by atoms with van der Waals surface area (Å²) in [6, 6.07) is 17.8. The Kier molecular flexibility index (Phi) is 7.05. The van der Waals surface area contributed by atoms with Crippen molar-refractivity contribution in [2.75, 3.05) is 0 Å². The van der Waals surface area contributed by atoms with Gasteiger partial charge in [0.1, 0.15) is 0 Å². The number of ether oxygens (including phenoxy) is 1. The zero-order valence-corrected chi connectivity index (χ0v) is 17.8. The van der Waals surface area contributed by atoms with Crippen LogP contribution in [-0.4, -0.2) is 31.6 Å². The Balaban J connectivity index is 2.28. The maximum atomic E-state index is 12.9. The van der Waals surface area contributed by atoms with Crippen LogP contribution < -0.4 is 4.46 Å². The van der Waals surface area contributed by atoms with Gasteiger partial charge in [-0.2, -0.15) is 0 Å². The summed E-state index contributed by atoms with van der Waals surface area (Å²) < 4.78 is 6.84. The number of rotatable bonds is 6. The van der Waals surface area contributed by atoms with Crippen molar-refractivity contribution in [1.29, 1.82) is 0 Å². The van der Waals surface area contributed by atoms with Crippen LogP contribution in [0.15, 0.2) is 54.6 Å². The summed E-state index contributed by atoms with van der Waals surface area (Å²) in [7, 11) is 0. The molecule has 0 saturated carbocycles. The van der Waals surface area contributed by atoms with Crippen LogP contribution in [0.3, 0.4) is 0 Å². The molecule has 0 aromatic heterocycles. The van der Waals surface area contributed by atoms with E-state index in [1.54, 1.807) is 0 Å². The Morgan fingerprint density at radius 1 is 1.04 bits per heavy atom. The number of esters is 1. The van der Waals surface area contributed by atoms with E-state index in [4.69, 9.17) is 4.74 Å². The molecule has 0 aliphatic heterocycles. The number of carbonyl (C=O) groups excluding carboxylic acids is 1. The zero-order valence-electron chi connectivity index (χ0n) is 16.1. The minimum absolute atomic E-state index is 0.00365. The molecule has 0 aliphatic rings. The molecular formula is C22H28O3Se. The van der Waals surface area contributed by atoms with Gasteiger partial charge in [0.15, 0.2) is 0 Å². The summed E-state index contributed by atoms with van der Waals surface area (Å²) >= 11 is 0.0501. The second-order valence-corrected chi connectivity index (χ2v) is 10.6. The second-order valence-electron chi connectivity index (χ2n) is 7.55. The molecule has 4 heteroatoms. The average molecular weight is 419 g/mol. The van der Waals surface area contributed by atoms with Crippen molar-refractivity contribution in [2.45, 2.75) is 51.1 Å². The Bertz CT molecular complexity index is 704. The molecule has 0 fully saturated rings. The van der Waals surface area contributed by atoms with Gasteiger partial charge in [-0.15, -0.1) is 0 Å².